The number of H-pyrrole nitrogens is 1. The van der Waals surface area contributed by atoms with Gasteiger partial charge in [0.2, 0.25) is 0 Å². The molecule has 0 saturated heterocycles. The highest BCUT2D eigenvalue weighted by Crippen LogP contribution is 2.33. The second kappa shape index (κ2) is 3.42. The molecule has 0 unspecified atom stereocenters. The topological polar surface area (TPSA) is 49.9 Å². The van der Waals surface area contributed by atoms with E-state index in [9.17, 15) is 8.42 Å². The molecule has 2 aromatic rings. The molecule has 1 N–H and O–H groups in total. The number of rotatable bonds is 2. The van der Waals surface area contributed by atoms with Gasteiger partial charge in [0.1, 0.15) is 4.21 Å². The lowest BCUT2D eigenvalue weighted by molar-refractivity contribution is 0.611. The van der Waals surface area contributed by atoms with Crippen LogP contribution in [0.1, 0.15) is 0 Å². The first-order valence-corrected chi connectivity index (χ1v) is 6.93. The first-order valence-electron chi connectivity index (χ1n) is 3.74. The van der Waals surface area contributed by atoms with Gasteiger partial charge in [0.15, 0.2) is 0 Å². The van der Waals surface area contributed by atoms with Crippen molar-refractivity contribution in [3.05, 3.63) is 29.9 Å². The SMILES string of the molecule is O=S(=O)(Cl)c1sccc1-c1cc[nH]c1. The van der Waals surface area contributed by atoms with Crippen LogP contribution in [0.5, 0.6) is 0 Å². The molecule has 2 rings (SSSR count). The average molecular weight is 248 g/mol. The molecule has 0 aliphatic rings. The first kappa shape index (κ1) is 9.76. The maximum absolute atomic E-state index is 11.2. The van der Waals surface area contributed by atoms with E-state index in [0.717, 1.165) is 16.9 Å². The Kier molecular flexibility index (Phi) is 2.38. The lowest BCUT2D eigenvalue weighted by Gasteiger charge is -1.96. The highest BCUT2D eigenvalue weighted by atomic mass is 35.7. The summed E-state index contributed by atoms with van der Waals surface area (Å²) in [5.74, 6) is 0. The Morgan fingerprint density at radius 3 is 2.71 bits per heavy atom. The molecule has 3 nitrogen and oxygen atoms in total. The Bertz CT molecular complexity index is 527. The van der Waals surface area contributed by atoms with E-state index in [-0.39, 0.29) is 4.21 Å². The summed E-state index contributed by atoms with van der Waals surface area (Å²) in [5, 5.41) is 1.71. The molecule has 2 heterocycles. The van der Waals surface area contributed by atoms with E-state index < -0.39 is 9.05 Å². The van der Waals surface area contributed by atoms with Crippen molar-refractivity contribution < 1.29 is 8.42 Å². The molecule has 74 valence electrons. The van der Waals surface area contributed by atoms with E-state index in [1.54, 1.807) is 29.9 Å². The van der Waals surface area contributed by atoms with Gasteiger partial charge in [0.25, 0.3) is 9.05 Å². The summed E-state index contributed by atoms with van der Waals surface area (Å²) in [7, 11) is 1.66. The summed E-state index contributed by atoms with van der Waals surface area (Å²) in [4.78, 5) is 2.86. The van der Waals surface area contributed by atoms with Crippen molar-refractivity contribution >= 4 is 31.1 Å². The monoisotopic (exact) mass is 247 g/mol. The number of aromatic amines is 1. The molecule has 0 amide bonds. The van der Waals surface area contributed by atoms with Crippen LogP contribution in [-0.4, -0.2) is 13.4 Å². The minimum Gasteiger partial charge on any atom is -0.367 e. The van der Waals surface area contributed by atoms with Crippen molar-refractivity contribution in [3.8, 4) is 11.1 Å². The fourth-order valence-electron chi connectivity index (χ4n) is 1.19. The Morgan fingerprint density at radius 2 is 2.14 bits per heavy atom. The lowest BCUT2D eigenvalue weighted by atomic mass is 10.2. The molecule has 0 aliphatic heterocycles. The Labute approximate surface area is 89.8 Å². The molecule has 0 spiro atoms. The van der Waals surface area contributed by atoms with Gasteiger partial charge in [0.05, 0.1) is 0 Å². The number of hydrogen-bond donors (Lipinski definition) is 1. The predicted molar refractivity (Wildman–Crippen MR) is 57.1 cm³/mol. The van der Waals surface area contributed by atoms with Crippen molar-refractivity contribution in [1.29, 1.82) is 0 Å². The minimum absolute atomic E-state index is 0.193. The van der Waals surface area contributed by atoms with Crippen LogP contribution in [0.15, 0.2) is 34.1 Å². The number of hydrogen-bond acceptors (Lipinski definition) is 3. The van der Waals surface area contributed by atoms with Gasteiger partial charge >= 0.3 is 0 Å². The van der Waals surface area contributed by atoms with Gasteiger partial charge in [0, 0.05) is 34.2 Å². The number of thiophene rings is 1. The predicted octanol–water partition coefficient (Wildman–Crippen LogP) is 2.67. The highest BCUT2D eigenvalue weighted by Gasteiger charge is 2.18. The maximum atomic E-state index is 11.2. The smallest absolute Gasteiger partial charge is 0.271 e. The van der Waals surface area contributed by atoms with Crippen molar-refractivity contribution in [3.63, 3.8) is 0 Å². The average Bonchev–Trinajstić information content (AvgIpc) is 2.73. The van der Waals surface area contributed by atoms with Crippen LogP contribution in [0, 0.1) is 0 Å². The third-order valence-corrected chi connectivity index (χ3v) is 4.81. The summed E-state index contributed by atoms with van der Waals surface area (Å²) in [6.45, 7) is 0. The van der Waals surface area contributed by atoms with Crippen LogP contribution >= 0.6 is 22.0 Å². The van der Waals surface area contributed by atoms with Gasteiger partial charge in [-0.3, -0.25) is 0 Å². The molecule has 0 bridgehead atoms. The molecule has 0 aliphatic carbocycles. The van der Waals surface area contributed by atoms with Crippen LogP contribution in [0.4, 0.5) is 0 Å². The molecule has 0 atom stereocenters. The maximum Gasteiger partial charge on any atom is 0.271 e. The van der Waals surface area contributed by atoms with E-state index in [1.807, 2.05) is 0 Å². The van der Waals surface area contributed by atoms with Gasteiger partial charge in [-0.25, -0.2) is 8.42 Å². The fourth-order valence-corrected chi connectivity index (χ4v) is 3.48. The number of nitrogens with one attached hydrogen (secondary N) is 1. The standard InChI is InChI=1S/C8H6ClNO2S2/c9-14(11,12)8-7(2-4-13-8)6-1-3-10-5-6/h1-5,10H. The molecular formula is C8H6ClNO2S2. The molecule has 0 fully saturated rings. The summed E-state index contributed by atoms with van der Waals surface area (Å²) in [6, 6.07) is 3.54. The number of halogens is 1. The first-order chi connectivity index (χ1) is 6.59. The van der Waals surface area contributed by atoms with E-state index in [0.29, 0.717) is 5.56 Å². The van der Waals surface area contributed by atoms with Crippen molar-refractivity contribution in [1.82, 2.24) is 4.98 Å². The van der Waals surface area contributed by atoms with E-state index in [1.165, 1.54) is 0 Å². The Morgan fingerprint density at radius 1 is 1.36 bits per heavy atom. The quantitative estimate of drug-likeness (QED) is 0.830. The molecule has 6 heteroatoms. The van der Waals surface area contributed by atoms with Gasteiger partial charge in [-0.2, -0.15) is 0 Å². The highest BCUT2D eigenvalue weighted by molar-refractivity contribution is 8.15. The van der Waals surface area contributed by atoms with Crippen LogP contribution in [0.2, 0.25) is 0 Å². The molecule has 0 aromatic carbocycles. The van der Waals surface area contributed by atoms with Crippen LogP contribution < -0.4 is 0 Å². The van der Waals surface area contributed by atoms with Gasteiger partial charge in [-0.15, -0.1) is 11.3 Å². The lowest BCUT2D eigenvalue weighted by Crippen LogP contribution is -1.88. The zero-order valence-corrected chi connectivity index (χ0v) is 9.29. The normalized spacial score (nSPS) is 11.8. The van der Waals surface area contributed by atoms with Crippen molar-refractivity contribution in [2.45, 2.75) is 4.21 Å². The molecular weight excluding hydrogens is 242 g/mol. The third kappa shape index (κ3) is 1.70. The zero-order valence-electron chi connectivity index (χ0n) is 6.90. The van der Waals surface area contributed by atoms with Crippen molar-refractivity contribution in [2.75, 3.05) is 0 Å². The molecule has 0 saturated carbocycles. The number of aromatic nitrogens is 1. The third-order valence-electron chi connectivity index (χ3n) is 1.76. The van der Waals surface area contributed by atoms with Crippen LogP contribution in [-0.2, 0) is 9.05 Å². The van der Waals surface area contributed by atoms with Gasteiger partial charge in [-0.1, -0.05) is 0 Å². The van der Waals surface area contributed by atoms with E-state index in [2.05, 4.69) is 4.98 Å². The summed E-state index contributed by atoms with van der Waals surface area (Å²) >= 11 is 1.12. The molecule has 2 aromatic heterocycles. The molecule has 0 radical (unpaired) electrons. The van der Waals surface area contributed by atoms with Crippen molar-refractivity contribution in [2.24, 2.45) is 0 Å². The van der Waals surface area contributed by atoms with Crippen LogP contribution in [0.3, 0.4) is 0 Å². The minimum atomic E-state index is -3.64. The second-order valence-electron chi connectivity index (χ2n) is 2.66. The summed E-state index contributed by atoms with van der Waals surface area (Å²) in [6.07, 6.45) is 3.46. The van der Waals surface area contributed by atoms with Gasteiger partial charge < -0.3 is 4.98 Å². The fraction of sp³-hybridized carbons (Fsp3) is 0. The Hall–Kier alpha value is -0.780. The van der Waals surface area contributed by atoms with Gasteiger partial charge in [-0.05, 0) is 17.5 Å². The zero-order chi connectivity index (χ0) is 10.2. The summed E-state index contributed by atoms with van der Waals surface area (Å²) in [5.41, 5.74) is 1.47. The van der Waals surface area contributed by atoms with E-state index >= 15 is 0 Å². The largest absolute Gasteiger partial charge is 0.367 e. The second-order valence-corrected chi connectivity index (χ2v) is 6.34. The van der Waals surface area contributed by atoms with E-state index in [4.69, 9.17) is 10.7 Å². The Balaban J connectivity index is 2.62. The molecule has 14 heavy (non-hydrogen) atoms. The summed E-state index contributed by atoms with van der Waals surface area (Å²) < 4.78 is 22.5. The van der Waals surface area contributed by atoms with Crippen LogP contribution in [0.25, 0.3) is 11.1 Å².